The first-order valence-corrected chi connectivity index (χ1v) is 3.97. The number of hydrogen-bond acceptors (Lipinski definition) is 4. The van der Waals surface area contributed by atoms with Gasteiger partial charge in [-0.25, -0.2) is 4.79 Å². The lowest BCUT2D eigenvalue weighted by molar-refractivity contribution is 0.252. The van der Waals surface area contributed by atoms with Crippen molar-refractivity contribution in [2.75, 3.05) is 13.7 Å². The van der Waals surface area contributed by atoms with E-state index in [1.54, 1.807) is 13.0 Å². The first-order chi connectivity index (χ1) is 6.17. The van der Waals surface area contributed by atoms with Crippen LogP contribution in [0, 0.1) is 0 Å². The van der Waals surface area contributed by atoms with Gasteiger partial charge in [0.25, 0.3) is 0 Å². The summed E-state index contributed by atoms with van der Waals surface area (Å²) >= 11 is 0. The van der Waals surface area contributed by atoms with Gasteiger partial charge in [0.05, 0.1) is 19.8 Å². The van der Waals surface area contributed by atoms with Crippen LogP contribution in [0.2, 0.25) is 0 Å². The summed E-state index contributed by atoms with van der Waals surface area (Å²) in [5.41, 5.74) is -0.463. The number of methoxy groups -OCH3 is 1. The van der Waals surface area contributed by atoms with Crippen LogP contribution in [-0.2, 0) is 0 Å². The third-order valence-electron chi connectivity index (χ3n) is 1.76. The highest BCUT2D eigenvalue weighted by Gasteiger charge is 2.09. The highest BCUT2D eigenvalue weighted by Crippen LogP contribution is 2.17. The molecule has 4 nitrogen and oxygen atoms in total. The van der Waals surface area contributed by atoms with Crippen molar-refractivity contribution in [1.29, 1.82) is 0 Å². The van der Waals surface area contributed by atoms with Gasteiger partial charge in [0.1, 0.15) is 11.5 Å². The summed E-state index contributed by atoms with van der Waals surface area (Å²) in [4.78, 5) is 11.0. The maximum absolute atomic E-state index is 11.0. The summed E-state index contributed by atoms with van der Waals surface area (Å²) in [7, 11) is 1.47. The lowest BCUT2D eigenvalue weighted by Gasteiger charge is -2.06. The van der Waals surface area contributed by atoms with Crippen LogP contribution in [0.3, 0.4) is 0 Å². The van der Waals surface area contributed by atoms with Crippen LogP contribution in [0.25, 0.3) is 0 Å². The SMILES string of the molecule is COc1cc(C(C)CO)oc(=O)c1. The van der Waals surface area contributed by atoms with Crippen LogP contribution in [0.5, 0.6) is 5.75 Å². The summed E-state index contributed by atoms with van der Waals surface area (Å²) in [5, 5.41) is 8.84. The van der Waals surface area contributed by atoms with Crippen LogP contribution >= 0.6 is 0 Å². The van der Waals surface area contributed by atoms with Gasteiger partial charge < -0.3 is 14.3 Å². The zero-order valence-corrected chi connectivity index (χ0v) is 7.61. The van der Waals surface area contributed by atoms with Crippen LogP contribution in [-0.4, -0.2) is 18.8 Å². The molecule has 0 amide bonds. The van der Waals surface area contributed by atoms with E-state index in [2.05, 4.69) is 0 Å². The first-order valence-electron chi connectivity index (χ1n) is 3.97. The van der Waals surface area contributed by atoms with E-state index in [9.17, 15) is 4.79 Å². The minimum atomic E-state index is -0.463. The molecule has 1 aromatic rings. The van der Waals surface area contributed by atoms with E-state index in [4.69, 9.17) is 14.3 Å². The molecule has 4 heteroatoms. The lowest BCUT2D eigenvalue weighted by atomic mass is 10.1. The van der Waals surface area contributed by atoms with Gasteiger partial charge in [-0.2, -0.15) is 0 Å². The molecule has 0 aliphatic carbocycles. The molecule has 0 aliphatic rings. The predicted molar refractivity (Wildman–Crippen MR) is 47.0 cm³/mol. The maximum Gasteiger partial charge on any atom is 0.339 e. The zero-order chi connectivity index (χ0) is 9.84. The Morgan fingerprint density at radius 2 is 2.31 bits per heavy atom. The molecule has 0 saturated heterocycles. The Morgan fingerprint density at radius 3 is 2.85 bits per heavy atom. The third-order valence-corrected chi connectivity index (χ3v) is 1.76. The van der Waals surface area contributed by atoms with E-state index in [1.165, 1.54) is 13.2 Å². The molecule has 0 saturated carbocycles. The lowest BCUT2D eigenvalue weighted by Crippen LogP contribution is -2.06. The Hall–Kier alpha value is -1.29. The van der Waals surface area contributed by atoms with Gasteiger partial charge in [0, 0.05) is 12.0 Å². The quantitative estimate of drug-likeness (QED) is 0.752. The maximum atomic E-state index is 11.0. The Morgan fingerprint density at radius 1 is 1.62 bits per heavy atom. The number of rotatable bonds is 3. The molecule has 13 heavy (non-hydrogen) atoms. The van der Waals surface area contributed by atoms with Crippen molar-refractivity contribution in [3.63, 3.8) is 0 Å². The molecule has 1 unspecified atom stereocenters. The fraction of sp³-hybridized carbons (Fsp3) is 0.444. The van der Waals surface area contributed by atoms with Crippen molar-refractivity contribution >= 4 is 0 Å². The molecule has 1 atom stereocenters. The van der Waals surface area contributed by atoms with Crippen LogP contribution in [0.15, 0.2) is 21.3 Å². The van der Waals surface area contributed by atoms with Crippen LogP contribution in [0.4, 0.5) is 0 Å². The average molecular weight is 184 g/mol. The average Bonchev–Trinajstić information content (AvgIpc) is 2.15. The van der Waals surface area contributed by atoms with Gasteiger partial charge in [-0.15, -0.1) is 0 Å². The molecule has 0 fully saturated rings. The molecule has 0 radical (unpaired) electrons. The molecule has 1 rings (SSSR count). The second kappa shape index (κ2) is 4.09. The fourth-order valence-electron chi connectivity index (χ4n) is 0.924. The molecule has 72 valence electrons. The largest absolute Gasteiger partial charge is 0.496 e. The van der Waals surface area contributed by atoms with E-state index in [0.717, 1.165) is 0 Å². The number of aliphatic hydroxyl groups excluding tert-OH is 1. The summed E-state index contributed by atoms with van der Waals surface area (Å²) in [6.45, 7) is 1.70. The van der Waals surface area contributed by atoms with Crippen LogP contribution in [0.1, 0.15) is 18.6 Å². The molecule has 1 heterocycles. The van der Waals surface area contributed by atoms with E-state index >= 15 is 0 Å². The van der Waals surface area contributed by atoms with Crippen molar-refractivity contribution in [1.82, 2.24) is 0 Å². The second-order valence-electron chi connectivity index (χ2n) is 2.80. The summed E-state index contributed by atoms with van der Waals surface area (Å²) < 4.78 is 9.77. The predicted octanol–water partition coefficient (Wildman–Crippen LogP) is 0.744. The minimum Gasteiger partial charge on any atom is -0.496 e. The van der Waals surface area contributed by atoms with Crippen LogP contribution < -0.4 is 10.4 Å². The van der Waals surface area contributed by atoms with Crippen molar-refractivity contribution < 1.29 is 14.3 Å². The highest BCUT2D eigenvalue weighted by molar-refractivity contribution is 5.21. The zero-order valence-electron chi connectivity index (χ0n) is 7.61. The van der Waals surface area contributed by atoms with E-state index in [-0.39, 0.29) is 12.5 Å². The molecule has 0 bridgehead atoms. The Balaban J connectivity index is 3.08. The van der Waals surface area contributed by atoms with Crippen molar-refractivity contribution in [3.05, 3.63) is 28.3 Å². The molecular formula is C9H12O4. The minimum absolute atomic E-state index is 0.0594. The van der Waals surface area contributed by atoms with E-state index in [1.807, 2.05) is 0 Å². The van der Waals surface area contributed by atoms with Gasteiger partial charge in [0.15, 0.2) is 0 Å². The second-order valence-corrected chi connectivity index (χ2v) is 2.80. The number of hydrogen-bond donors (Lipinski definition) is 1. The molecule has 1 aromatic heterocycles. The van der Waals surface area contributed by atoms with E-state index < -0.39 is 5.63 Å². The summed E-state index contributed by atoms with van der Waals surface area (Å²) in [6, 6.07) is 2.86. The summed E-state index contributed by atoms with van der Waals surface area (Å²) in [5.74, 6) is 0.696. The summed E-state index contributed by atoms with van der Waals surface area (Å²) in [6.07, 6.45) is 0. The Labute approximate surface area is 75.8 Å². The third kappa shape index (κ3) is 2.32. The molecular weight excluding hydrogens is 172 g/mol. The van der Waals surface area contributed by atoms with Gasteiger partial charge in [-0.05, 0) is 0 Å². The Bertz CT molecular complexity index is 329. The Kier molecular flexibility index (Phi) is 3.08. The molecule has 1 N–H and O–H groups in total. The van der Waals surface area contributed by atoms with Gasteiger partial charge in [-0.3, -0.25) is 0 Å². The van der Waals surface area contributed by atoms with Crippen molar-refractivity contribution in [3.8, 4) is 5.75 Å². The smallest absolute Gasteiger partial charge is 0.339 e. The standard InChI is InChI=1S/C9H12O4/c1-6(5-10)8-3-7(12-2)4-9(11)13-8/h3-4,6,10H,5H2,1-2H3. The molecule has 0 aliphatic heterocycles. The van der Waals surface area contributed by atoms with Crippen molar-refractivity contribution in [2.45, 2.75) is 12.8 Å². The fourth-order valence-corrected chi connectivity index (χ4v) is 0.924. The first kappa shape index (κ1) is 9.80. The van der Waals surface area contributed by atoms with Gasteiger partial charge in [0.2, 0.25) is 0 Å². The van der Waals surface area contributed by atoms with Crippen molar-refractivity contribution in [2.24, 2.45) is 0 Å². The normalized spacial score (nSPS) is 12.5. The molecule has 0 aromatic carbocycles. The highest BCUT2D eigenvalue weighted by atomic mass is 16.5. The van der Waals surface area contributed by atoms with E-state index in [0.29, 0.717) is 11.5 Å². The molecule has 0 spiro atoms. The topological polar surface area (TPSA) is 59.7 Å². The monoisotopic (exact) mass is 184 g/mol. The van der Waals surface area contributed by atoms with Gasteiger partial charge >= 0.3 is 5.63 Å². The van der Waals surface area contributed by atoms with Gasteiger partial charge in [-0.1, -0.05) is 6.92 Å². The number of ether oxygens (including phenoxy) is 1. The number of aliphatic hydroxyl groups is 1.